The van der Waals surface area contributed by atoms with Gasteiger partial charge in [0.05, 0.1) is 6.42 Å². The monoisotopic (exact) mass is 322 g/mol. The van der Waals surface area contributed by atoms with Crippen molar-refractivity contribution in [3.05, 3.63) is 35.4 Å². The SMILES string of the molecule is Nc1nonc1-c1nnc(NC(=O)Cc2ccc(F)cc2F)o1. The molecule has 1 aromatic carbocycles. The Morgan fingerprint density at radius 2 is 2.09 bits per heavy atom. The average Bonchev–Trinajstić information content (AvgIpc) is 3.10. The number of amides is 1. The van der Waals surface area contributed by atoms with Gasteiger partial charge in [-0.1, -0.05) is 11.2 Å². The van der Waals surface area contributed by atoms with Crippen molar-refractivity contribution in [2.75, 3.05) is 11.1 Å². The summed E-state index contributed by atoms with van der Waals surface area (Å²) < 4.78 is 35.8. The number of nitrogens with two attached hydrogens (primary N) is 1. The minimum absolute atomic E-state index is 0.0218. The van der Waals surface area contributed by atoms with Crippen molar-refractivity contribution in [2.45, 2.75) is 6.42 Å². The van der Waals surface area contributed by atoms with Gasteiger partial charge in [-0.25, -0.2) is 13.4 Å². The van der Waals surface area contributed by atoms with E-state index in [1.54, 1.807) is 0 Å². The molecular formula is C12H8F2N6O3. The van der Waals surface area contributed by atoms with Gasteiger partial charge in [-0.15, -0.1) is 5.10 Å². The maximum absolute atomic E-state index is 13.5. The Balaban J connectivity index is 1.69. The number of hydrogen-bond acceptors (Lipinski definition) is 8. The molecule has 23 heavy (non-hydrogen) atoms. The molecule has 0 spiro atoms. The Morgan fingerprint density at radius 1 is 1.26 bits per heavy atom. The zero-order valence-corrected chi connectivity index (χ0v) is 11.3. The number of hydrogen-bond donors (Lipinski definition) is 2. The lowest BCUT2D eigenvalue weighted by atomic mass is 10.1. The highest BCUT2D eigenvalue weighted by Gasteiger charge is 2.18. The maximum atomic E-state index is 13.5. The van der Waals surface area contributed by atoms with Crippen molar-refractivity contribution in [1.82, 2.24) is 20.5 Å². The molecule has 11 heteroatoms. The number of nitrogens with zero attached hydrogens (tertiary/aromatic N) is 4. The summed E-state index contributed by atoms with van der Waals surface area (Å²) in [5.74, 6) is -2.34. The van der Waals surface area contributed by atoms with Crippen molar-refractivity contribution >= 4 is 17.7 Å². The first-order valence-corrected chi connectivity index (χ1v) is 6.18. The summed E-state index contributed by atoms with van der Waals surface area (Å²) in [7, 11) is 0. The molecule has 0 aliphatic heterocycles. The second-order valence-corrected chi connectivity index (χ2v) is 4.37. The number of rotatable bonds is 4. The van der Waals surface area contributed by atoms with Crippen LogP contribution in [0.5, 0.6) is 0 Å². The number of carbonyl (C=O) groups is 1. The molecular weight excluding hydrogens is 314 g/mol. The molecule has 0 bridgehead atoms. The Kier molecular flexibility index (Phi) is 3.66. The van der Waals surface area contributed by atoms with E-state index in [0.29, 0.717) is 6.07 Å². The van der Waals surface area contributed by atoms with Crippen LogP contribution in [0.1, 0.15) is 5.56 Å². The summed E-state index contributed by atoms with van der Waals surface area (Å²) in [6.45, 7) is 0. The summed E-state index contributed by atoms with van der Waals surface area (Å²) in [4.78, 5) is 11.8. The molecule has 0 saturated heterocycles. The van der Waals surface area contributed by atoms with Crippen molar-refractivity contribution in [3.63, 3.8) is 0 Å². The normalized spacial score (nSPS) is 10.7. The highest BCUT2D eigenvalue weighted by atomic mass is 19.1. The highest BCUT2D eigenvalue weighted by Crippen LogP contribution is 2.22. The van der Waals surface area contributed by atoms with E-state index < -0.39 is 17.5 Å². The van der Waals surface area contributed by atoms with Gasteiger partial charge in [-0.2, -0.15) is 0 Å². The van der Waals surface area contributed by atoms with E-state index in [-0.39, 0.29) is 35.4 Å². The number of carbonyl (C=O) groups excluding carboxylic acids is 1. The predicted octanol–water partition coefficient (Wildman–Crippen LogP) is 1.16. The van der Waals surface area contributed by atoms with E-state index in [1.807, 2.05) is 0 Å². The van der Waals surface area contributed by atoms with Gasteiger partial charge in [0.15, 0.2) is 0 Å². The molecule has 0 radical (unpaired) electrons. The standard InChI is InChI=1S/C12H8F2N6O3/c13-6-2-1-5(7(14)4-6)3-8(21)16-12-18-17-11(22-12)9-10(15)20-23-19-9/h1-2,4H,3H2,(H2,15,20)(H,16,18,21). The third-order valence-corrected chi connectivity index (χ3v) is 2.75. The lowest BCUT2D eigenvalue weighted by molar-refractivity contribution is -0.115. The molecule has 3 rings (SSSR count). The topological polar surface area (TPSA) is 133 Å². The molecule has 3 aromatic rings. The van der Waals surface area contributed by atoms with E-state index in [4.69, 9.17) is 10.2 Å². The number of aromatic nitrogens is 4. The second kappa shape index (κ2) is 5.79. The van der Waals surface area contributed by atoms with Crippen LogP contribution < -0.4 is 11.1 Å². The molecule has 3 N–H and O–H groups in total. The maximum Gasteiger partial charge on any atom is 0.322 e. The van der Waals surface area contributed by atoms with Crippen molar-refractivity contribution < 1.29 is 22.6 Å². The molecule has 1 amide bonds. The summed E-state index contributed by atoms with van der Waals surface area (Å²) in [6.07, 6.45) is -0.336. The third-order valence-electron chi connectivity index (χ3n) is 2.75. The minimum Gasteiger partial charge on any atom is -0.401 e. The van der Waals surface area contributed by atoms with Crippen LogP contribution in [-0.2, 0) is 11.2 Å². The first-order valence-electron chi connectivity index (χ1n) is 6.18. The van der Waals surface area contributed by atoms with Crippen molar-refractivity contribution in [1.29, 1.82) is 0 Å². The Labute approximate surface area is 126 Å². The molecule has 0 atom stereocenters. The lowest BCUT2D eigenvalue weighted by Gasteiger charge is -2.02. The minimum atomic E-state index is -0.826. The number of nitrogen functional groups attached to an aromatic ring is 1. The molecule has 0 aliphatic rings. The summed E-state index contributed by atoms with van der Waals surface area (Å²) >= 11 is 0. The number of halogens is 2. The van der Waals surface area contributed by atoms with Crippen LogP contribution in [0.2, 0.25) is 0 Å². The summed E-state index contributed by atoms with van der Waals surface area (Å²) in [6, 6.07) is 2.67. The lowest BCUT2D eigenvalue weighted by Crippen LogP contribution is -2.15. The Bertz CT molecular complexity index is 862. The van der Waals surface area contributed by atoms with E-state index in [0.717, 1.165) is 6.07 Å². The van der Waals surface area contributed by atoms with Crippen LogP contribution in [0.3, 0.4) is 0 Å². The van der Waals surface area contributed by atoms with Crippen molar-refractivity contribution in [2.24, 2.45) is 0 Å². The smallest absolute Gasteiger partial charge is 0.322 e. The van der Waals surface area contributed by atoms with Gasteiger partial charge < -0.3 is 10.2 Å². The quantitative estimate of drug-likeness (QED) is 0.731. The molecule has 2 aromatic heterocycles. The molecule has 9 nitrogen and oxygen atoms in total. The van der Waals surface area contributed by atoms with Gasteiger partial charge in [-0.05, 0) is 21.9 Å². The van der Waals surface area contributed by atoms with Gasteiger partial charge in [0.2, 0.25) is 17.4 Å². The molecule has 0 unspecified atom stereocenters. The largest absolute Gasteiger partial charge is 0.401 e. The Morgan fingerprint density at radius 3 is 2.78 bits per heavy atom. The molecule has 0 aliphatic carbocycles. The van der Waals surface area contributed by atoms with E-state index in [9.17, 15) is 13.6 Å². The molecule has 0 saturated carbocycles. The zero-order valence-electron chi connectivity index (χ0n) is 11.3. The van der Waals surface area contributed by atoms with E-state index in [1.165, 1.54) is 6.07 Å². The Hall–Kier alpha value is -3.37. The fraction of sp³-hybridized carbons (Fsp3) is 0.0833. The van der Waals surface area contributed by atoms with Crippen LogP contribution in [0.15, 0.2) is 27.2 Å². The number of nitrogens with one attached hydrogen (secondary N) is 1. The van der Waals surface area contributed by atoms with Gasteiger partial charge >= 0.3 is 6.01 Å². The van der Waals surface area contributed by atoms with E-state index >= 15 is 0 Å². The van der Waals surface area contributed by atoms with Crippen LogP contribution in [-0.4, -0.2) is 26.4 Å². The highest BCUT2D eigenvalue weighted by molar-refractivity contribution is 5.90. The molecule has 2 heterocycles. The fourth-order valence-corrected chi connectivity index (χ4v) is 1.71. The third kappa shape index (κ3) is 3.12. The average molecular weight is 322 g/mol. The van der Waals surface area contributed by atoms with Gasteiger partial charge in [-0.3, -0.25) is 10.1 Å². The number of benzene rings is 1. The summed E-state index contributed by atoms with van der Waals surface area (Å²) in [5.41, 5.74) is 5.51. The van der Waals surface area contributed by atoms with Crippen LogP contribution in [0.4, 0.5) is 20.6 Å². The fourth-order valence-electron chi connectivity index (χ4n) is 1.71. The van der Waals surface area contributed by atoms with Gasteiger partial charge in [0, 0.05) is 6.07 Å². The number of anilines is 2. The van der Waals surface area contributed by atoms with Crippen LogP contribution in [0.25, 0.3) is 11.6 Å². The molecule has 0 fully saturated rings. The van der Waals surface area contributed by atoms with E-state index in [2.05, 4.69) is 30.5 Å². The summed E-state index contributed by atoms with van der Waals surface area (Å²) in [5, 5.41) is 16.3. The van der Waals surface area contributed by atoms with Crippen molar-refractivity contribution in [3.8, 4) is 11.6 Å². The second-order valence-electron chi connectivity index (χ2n) is 4.37. The first-order chi connectivity index (χ1) is 11.0. The van der Waals surface area contributed by atoms with Crippen LogP contribution >= 0.6 is 0 Å². The van der Waals surface area contributed by atoms with Crippen LogP contribution in [0, 0.1) is 11.6 Å². The molecule has 118 valence electrons. The van der Waals surface area contributed by atoms with Gasteiger partial charge in [0.1, 0.15) is 11.6 Å². The predicted molar refractivity (Wildman–Crippen MR) is 70.7 cm³/mol. The first kappa shape index (κ1) is 14.6. The zero-order chi connectivity index (χ0) is 16.4. The van der Waals surface area contributed by atoms with Gasteiger partial charge in [0.25, 0.3) is 5.89 Å².